The van der Waals surface area contributed by atoms with Gasteiger partial charge < -0.3 is 14.8 Å². The lowest BCUT2D eigenvalue weighted by Crippen LogP contribution is -2.37. The number of carbonyl (C=O) groups is 1. The van der Waals surface area contributed by atoms with Crippen LogP contribution in [0.2, 0.25) is 5.02 Å². The van der Waals surface area contributed by atoms with E-state index in [1.807, 2.05) is 36.4 Å². The zero-order valence-electron chi connectivity index (χ0n) is 14.3. The number of benzene rings is 2. The third kappa shape index (κ3) is 6.18. The fourth-order valence-electron chi connectivity index (χ4n) is 2.15. The van der Waals surface area contributed by atoms with Crippen LogP contribution in [0.5, 0.6) is 11.5 Å². The van der Waals surface area contributed by atoms with Crippen LogP contribution < -0.4 is 14.8 Å². The molecule has 134 valence electrons. The molecule has 1 amide bonds. The van der Waals surface area contributed by atoms with Gasteiger partial charge in [-0.15, -0.1) is 0 Å². The van der Waals surface area contributed by atoms with Crippen LogP contribution in [0.25, 0.3) is 0 Å². The van der Waals surface area contributed by atoms with Gasteiger partial charge in [-0.2, -0.15) is 11.8 Å². The Morgan fingerprint density at radius 1 is 1.16 bits per heavy atom. The lowest BCUT2D eigenvalue weighted by atomic mass is 10.2. The lowest BCUT2D eigenvalue weighted by Gasteiger charge is -2.16. The van der Waals surface area contributed by atoms with E-state index in [1.54, 1.807) is 37.9 Å². The molecule has 2 aromatic carbocycles. The van der Waals surface area contributed by atoms with Crippen molar-refractivity contribution in [3.8, 4) is 11.5 Å². The average molecular weight is 380 g/mol. The Morgan fingerprint density at radius 2 is 1.84 bits per heavy atom. The third-order valence-corrected chi connectivity index (χ3v) is 4.88. The van der Waals surface area contributed by atoms with Crippen LogP contribution in [-0.2, 0) is 10.5 Å². The van der Waals surface area contributed by atoms with Gasteiger partial charge >= 0.3 is 0 Å². The maximum absolute atomic E-state index is 12.1. The molecule has 2 rings (SSSR count). The van der Waals surface area contributed by atoms with Crippen molar-refractivity contribution >= 4 is 29.3 Å². The monoisotopic (exact) mass is 379 g/mol. The highest BCUT2D eigenvalue weighted by Gasteiger charge is 2.16. The maximum atomic E-state index is 12.1. The number of hydrogen-bond acceptors (Lipinski definition) is 4. The lowest BCUT2D eigenvalue weighted by molar-refractivity contribution is -0.127. The van der Waals surface area contributed by atoms with Gasteiger partial charge in [-0.25, -0.2) is 0 Å². The number of amides is 1. The zero-order valence-corrected chi connectivity index (χ0v) is 15.9. The summed E-state index contributed by atoms with van der Waals surface area (Å²) < 4.78 is 10.9. The Labute approximate surface area is 157 Å². The van der Waals surface area contributed by atoms with Crippen molar-refractivity contribution in [2.75, 3.05) is 19.4 Å². The number of methoxy groups -OCH3 is 1. The summed E-state index contributed by atoms with van der Waals surface area (Å²) in [5, 5.41) is 3.66. The third-order valence-electron chi connectivity index (χ3n) is 3.50. The molecule has 4 nitrogen and oxygen atoms in total. The highest BCUT2D eigenvalue weighted by molar-refractivity contribution is 7.98. The molecular formula is C19H22ClNO3S. The molecule has 0 saturated carbocycles. The molecule has 1 atom stereocenters. The van der Waals surface area contributed by atoms with Crippen molar-refractivity contribution in [3.05, 3.63) is 59.1 Å². The quantitative estimate of drug-likeness (QED) is 0.664. The number of hydrogen-bond donors (Lipinski definition) is 1. The number of ether oxygens (including phenoxy) is 2. The smallest absolute Gasteiger partial charge is 0.260 e. The second kappa shape index (κ2) is 10.2. The first kappa shape index (κ1) is 19.5. The molecule has 0 aliphatic rings. The van der Waals surface area contributed by atoms with Crippen molar-refractivity contribution in [1.82, 2.24) is 5.32 Å². The van der Waals surface area contributed by atoms with E-state index in [4.69, 9.17) is 21.1 Å². The van der Waals surface area contributed by atoms with Crippen LogP contribution in [0.3, 0.4) is 0 Å². The van der Waals surface area contributed by atoms with Crippen LogP contribution in [-0.4, -0.2) is 31.4 Å². The first-order chi connectivity index (χ1) is 12.1. The largest absolute Gasteiger partial charge is 0.493 e. The van der Waals surface area contributed by atoms with E-state index in [9.17, 15) is 4.79 Å². The first-order valence-electron chi connectivity index (χ1n) is 8.00. The second-order valence-electron chi connectivity index (χ2n) is 5.35. The molecular weight excluding hydrogens is 358 g/mol. The summed E-state index contributed by atoms with van der Waals surface area (Å²) in [6, 6.07) is 15.1. The fraction of sp³-hybridized carbons (Fsp3) is 0.316. The second-order valence-corrected chi connectivity index (χ2v) is 6.86. The maximum Gasteiger partial charge on any atom is 0.260 e. The standard InChI is InChI=1S/C19H22ClNO3S/c1-14(24-18-10-6-5-9-17(18)23-2)19(22)21-11-12-25-13-15-7-3-4-8-16(15)20/h3-10,14H,11-13H2,1-2H3,(H,21,22)/t14-/m0/s1. The van der Waals surface area contributed by atoms with Gasteiger partial charge in [0.1, 0.15) is 0 Å². The molecule has 0 bridgehead atoms. The molecule has 0 spiro atoms. The molecule has 0 heterocycles. The molecule has 0 aliphatic carbocycles. The minimum atomic E-state index is -0.593. The summed E-state index contributed by atoms with van der Waals surface area (Å²) in [6.07, 6.45) is -0.593. The number of nitrogens with one attached hydrogen (secondary N) is 1. The van der Waals surface area contributed by atoms with Crippen molar-refractivity contribution in [1.29, 1.82) is 0 Å². The number of halogens is 1. The molecule has 25 heavy (non-hydrogen) atoms. The van der Waals surface area contributed by atoms with E-state index in [2.05, 4.69) is 5.32 Å². The summed E-state index contributed by atoms with van der Waals surface area (Å²) in [5.41, 5.74) is 1.10. The van der Waals surface area contributed by atoms with E-state index < -0.39 is 6.10 Å². The average Bonchev–Trinajstić information content (AvgIpc) is 2.63. The Balaban J connectivity index is 1.70. The summed E-state index contributed by atoms with van der Waals surface area (Å²) in [4.78, 5) is 12.1. The van der Waals surface area contributed by atoms with Gasteiger partial charge in [0.2, 0.25) is 0 Å². The molecule has 0 saturated heterocycles. The van der Waals surface area contributed by atoms with Crippen molar-refractivity contribution in [2.45, 2.75) is 18.8 Å². The molecule has 0 aliphatic heterocycles. The van der Waals surface area contributed by atoms with Gasteiger partial charge in [-0.1, -0.05) is 41.9 Å². The van der Waals surface area contributed by atoms with E-state index in [0.717, 1.165) is 22.1 Å². The summed E-state index contributed by atoms with van der Waals surface area (Å²) in [5.74, 6) is 2.64. The zero-order chi connectivity index (χ0) is 18.1. The van der Waals surface area contributed by atoms with Crippen LogP contribution >= 0.6 is 23.4 Å². The molecule has 0 aromatic heterocycles. The number of para-hydroxylation sites is 2. The minimum absolute atomic E-state index is 0.149. The predicted molar refractivity (Wildman–Crippen MR) is 104 cm³/mol. The van der Waals surface area contributed by atoms with E-state index >= 15 is 0 Å². The first-order valence-corrected chi connectivity index (χ1v) is 9.53. The highest BCUT2D eigenvalue weighted by Crippen LogP contribution is 2.26. The fourth-order valence-corrected chi connectivity index (χ4v) is 3.29. The van der Waals surface area contributed by atoms with Gasteiger partial charge in [0.05, 0.1) is 7.11 Å². The highest BCUT2D eigenvalue weighted by atomic mass is 35.5. The molecule has 0 radical (unpaired) electrons. The van der Waals surface area contributed by atoms with Crippen LogP contribution in [0.1, 0.15) is 12.5 Å². The van der Waals surface area contributed by atoms with E-state index in [1.165, 1.54) is 0 Å². The summed E-state index contributed by atoms with van der Waals surface area (Å²) in [7, 11) is 1.57. The van der Waals surface area contributed by atoms with Gasteiger partial charge in [0, 0.05) is 23.1 Å². The van der Waals surface area contributed by atoms with Crippen molar-refractivity contribution in [3.63, 3.8) is 0 Å². The predicted octanol–water partition coefficient (Wildman–Crippen LogP) is 4.17. The molecule has 1 N–H and O–H groups in total. The Morgan fingerprint density at radius 3 is 2.56 bits per heavy atom. The Bertz CT molecular complexity index is 696. The normalized spacial score (nSPS) is 11.6. The number of thioether (sulfide) groups is 1. The van der Waals surface area contributed by atoms with Crippen LogP contribution in [0.4, 0.5) is 0 Å². The van der Waals surface area contributed by atoms with Crippen molar-refractivity contribution in [2.24, 2.45) is 0 Å². The molecule has 6 heteroatoms. The molecule has 2 aromatic rings. The number of carbonyl (C=O) groups excluding carboxylic acids is 1. The van der Waals surface area contributed by atoms with E-state index in [-0.39, 0.29) is 5.91 Å². The summed E-state index contributed by atoms with van der Waals surface area (Å²) in [6.45, 7) is 2.30. The van der Waals surface area contributed by atoms with Gasteiger partial charge in [0.15, 0.2) is 17.6 Å². The topological polar surface area (TPSA) is 47.6 Å². The van der Waals surface area contributed by atoms with Crippen molar-refractivity contribution < 1.29 is 14.3 Å². The van der Waals surface area contributed by atoms with Gasteiger partial charge in [-0.05, 0) is 30.7 Å². The van der Waals surface area contributed by atoms with Crippen LogP contribution in [0, 0.1) is 0 Å². The summed E-state index contributed by atoms with van der Waals surface area (Å²) >= 11 is 7.85. The molecule has 0 fully saturated rings. The Hall–Kier alpha value is -1.85. The van der Waals surface area contributed by atoms with Gasteiger partial charge in [-0.3, -0.25) is 4.79 Å². The van der Waals surface area contributed by atoms with E-state index in [0.29, 0.717) is 18.0 Å². The molecule has 0 unspecified atom stereocenters. The SMILES string of the molecule is COc1ccccc1O[C@@H](C)C(=O)NCCSCc1ccccc1Cl. The van der Waals surface area contributed by atoms with Gasteiger partial charge in [0.25, 0.3) is 5.91 Å². The number of rotatable bonds is 9. The minimum Gasteiger partial charge on any atom is -0.493 e. The Kier molecular flexibility index (Phi) is 7.95. The van der Waals surface area contributed by atoms with Crippen LogP contribution in [0.15, 0.2) is 48.5 Å².